The molecule has 0 atom stereocenters. The van der Waals surface area contributed by atoms with Crippen LogP contribution < -0.4 is 9.47 Å². The average Bonchev–Trinajstić information content (AvgIpc) is 2.98. The molecule has 4 nitrogen and oxygen atoms in total. The number of thiophene rings is 1. The lowest BCUT2D eigenvalue weighted by molar-refractivity contribution is 0.104. The van der Waals surface area contributed by atoms with Crippen molar-refractivity contribution in [1.82, 2.24) is 0 Å². The Labute approximate surface area is 147 Å². The van der Waals surface area contributed by atoms with Gasteiger partial charge in [-0.3, -0.25) is 4.79 Å². The van der Waals surface area contributed by atoms with Gasteiger partial charge in [-0.1, -0.05) is 15.9 Å². The van der Waals surface area contributed by atoms with Gasteiger partial charge in [-0.05, 0) is 47.7 Å². The van der Waals surface area contributed by atoms with Gasteiger partial charge in [0.05, 0.1) is 19.1 Å². The first-order valence-corrected chi connectivity index (χ1v) is 8.31. The minimum atomic E-state index is -0.276. The van der Waals surface area contributed by atoms with Crippen LogP contribution >= 0.6 is 27.3 Å². The van der Waals surface area contributed by atoms with Crippen LogP contribution in [0.4, 0.5) is 0 Å². The molecule has 118 valence electrons. The van der Waals surface area contributed by atoms with Crippen LogP contribution in [0.5, 0.6) is 11.5 Å². The number of hydrogen-bond donors (Lipinski definition) is 0. The first-order valence-electron chi connectivity index (χ1n) is 6.64. The van der Waals surface area contributed by atoms with Gasteiger partial charge in [-0.2, -0.15) is 5.26 Å². The van der Waals surface area contributed by atoms with Gasteiger partial charge in [0, 0.05) is 4.47 Å². The second-order valence-corrected chi connectivity index (χ2v) is 6.43. The van der Waals surface area contributed by atoms with E-state index in [9.17, 15) is 10.1 Å². The van der Waals surface area contributed by atoms with Crippen LogP contribution in [0.3, 0.4) is 0 Å². The summed E-state index contributed by atoms with van der Waals surface area (Å²) in [5.74, 6) is 0.816. The smallest absolute Gasteiger partial charge is 0.213 e. The van der Waals surface area contributed by atoms with E-state index in [2.05, 4.69) is 15.9 Å². The van der Waals surface area contributed by atoms with E-state index in [4.69, 9.17) is 9.47 Å². The number of hydrogen-bond acceptors (Lipinski definition) is 5. The van der Waals surface area contributed by atoms with Crippen molar-refractivity contribution < 1.29 is 14.3 Å². The number of rotatable bonds is 5. The van der Waals surface area contributed by atoms with Crippen molar-refractivity contribution in [3.05, 3.63) is 49.6 Å². The molecule has 2 aromatic rings. The molecule has 0 amide bonds. The summed E-state index contributed by atoms with van der Waals surface area (Å²) in [4.78, 5) is 13.1. The molecule has 23 heavy (non-hydrogen) atoms. The molecule has 0 aliphatic heterocycles. The minimum Gasteiger partial charge on any atom is -0.493 e. The van der Waals surface area contributed by atoms with E-state index < -0.39 is 0 Å². The van der Waals surface area contributed by atoms with Crippen LogP contribution in [0.15, 0.2) is 33.6 Å². The Morgan fingerprint density at radius 3 is 2.48 bits per heavy atom. The Bertz CT molecular complexity index is 818. The summed E-state index contributed by atoms with van der Waals surface area (Å²) in [5.41, 5.74) is 1.61. The minimum absolute atomic E-state index is 0.0727. The normalized spacial score (nSPS) is 11.0. The molecule has 0 fully saturated rings. The third kappa shape index (κ3) is 3.63. The standard InChI is InChI=1S/C17H14BrNO3S/c1-10-4-5-23-17(10)16(20)12(9-19)6-11-7-14(21-2)15(22-3)8-13(11)18/h4-8H,1-3H3. The summed E-state index contributed by atoms with van der Waals surface area (Å²) in [7, 11) is 3.08. The zero-order chi connectivity index (χ0) is 17.0. The van der Waals surface area contributed by atoms with Gasteiger partial charge < -0.3 is 9.47 Å². The number of carbonyl (C=O) groups excluding carboxylic acids is 1. The second kappa shape index (κ2) is 7.44. The first-order chi connectivity index (χ1) is 11.0. The highest BCUT2D eigenvalue weighted by molar-refractivity contribution is 9.10. The topological polar surface area (TPSA) is 59.3 Å². The Morgan fingerprint density at radius 1 is 1.30 bits per heavy atom. The molecule has 2 rings (SSSR count). The number of carbonyl (C=O) groups is 1. The van der Waals surface area contributed by atoms with Crippen LogP contribution in [0.1, 0.15) is 20.8 Å². The monoisotopic (exact) mass is 391 g/mol. The molecule has 0 saturated carbocycles. The second-order valence-electron chi connectivity index (χ2n) is 4.66. The molecule has 1 heterocycles. The molecule has 0 bridgehead atoms. The van der Waals surface area contributed by atoms with Gasteiger partial charge in [0.1, 0.15) is 11.6 Å². The van der Waals surface area contributed by atoms with Gasteiger partial charge in [0.25, 0.3) is 0 Å². The number of benzene rings is 1. The molecule has 1 aromatic carbocycles. The molecule has 0 spiro atoms. The van der Waals surface area contributed by atoms with Gasteiger partial charge in [0.2, 0.25) is 5.78 Å². The summed E-state index contributed by atoms with van der Waals surface area (Å²) in [6, 6.07) is 7.30. The van der Waals surface area contributed by atoms with Crippen molar-refractivity contribution in [2.24, 2.45) is 0 Å². The Kier molecular flexibility index (Phi) is 5.59. The Morgan fingerprint density at radius 2 is 1.96 bits per heavy atom. The van der Waals surface area contributed by atoms with Crippen LogP contribution in [0, 0.1) is 18.3 Å². The van der Waals surface area contributed by atoms with Crippen LogP contribution in [0.2, 0.25) is 0 Å². The van der Waals surface area contributed by atoms with Gasteiger partial charge >= 0.3 is 0 Å². The quantitative estimate of drug-likeness (QED) is 0.423. The van der Waals surface area contributed by atoms with Gasteiger partial charge in [0.15, 0.2) is 11.5 Å². The maximum absolute atomic E-state index is 12.5. The highest BCUT2D eigenvalue weighted by Crippen LogP contribution is 2.34. The zero-order valence-corrected chi connectivity index (χ0v) is 15.2. The number of aryl methyl sites for hydroxylation is 1. The SMILES string of the molecule is COc1cc(Br)c(C=C(C#N)C(=O)c2sccc2C)cc1OC. The molecule has 0 unspecified atom stereocenters. The van der Waals surface area contributed by atoms with Crippen molar-refractivity contribution in [1.29, 1.82) is 5.26 Å². The lowest BCUT2D eigenvalue weighted by Crippen LogP contribution is -2.01. The summed E-state index contributed by atoms with van der Waals surface area (Å²) < 4.78 is 11.2. The molecule has 0 saturated heterocycles. The number of allylic oxidation sites excluding steroid dienone is 1. The van der Waals surface area contributed by atoms with Crippen LogP contribution in [0.25, 0.3) is 6.08 Å². The van der Waals surface area contributed by atoms with E-state index in [1.165, 1.54) is 18.4 Å². The predicted molar refractivity (Wildman–Crippen MR) is 94.2 cm³/mol. The Hall–Kier alpha value is -2.10. The highest BCUT2D eigenvalue weighted by atomic mass is 79.9. The van der Waals surface area contributed by atoms with Crippen LogP contribution in [-0.2, 0) is 0 Å². The van der Waals surface area contributed by atoms with Crippen molar-refractivity contribution >= 4 is 39.1 Å². The van der Waals surface area contributed by atoms with E-state index in [-0.39, 0.29) is 11.4 Å². The Balaban J connectivity index is 2.49. The van der Waals surface area contributed by atoms with Crippen molar-refractivity contribution in [2.75, 3.05) is 14.2 Å². The third-order valence-electron chi connectivity index (χ3n) is 3.24. The number of Topliss-reactive ketones (excluding diaryl/α,β-unsaturated/α-hetero) is 1. The molecule has 0 N–H and O–H groups in total. The summed E-state index contributed by atoms with van der Waals surface area (Å²) in [6.45, 7) is 1.85. The van der Waals surface area contributed by atoms with E-state index in [0.29, 0.717) is 26.4 Å². The van der Waals surface area contributed by atoms with E-state index in [1.807, 2.05) is 24.4 Å². The summed E-state index contributed by atoms with van der Waals surface area (Å²) in [5, 5.41) is 11.2. The maximum atomic E-state index is 12.5. The fraction of sp³-hybridized carbons (Fsp3) is 0.176. The molecule has 1 aromatic heterocycles. The number of methoxy groups -OCH3 is 2. The molecular weight excluding hydrogens is 378 g/mol. The summed E-state index contributed by atoms with van der Waals surface area (Å²) in [6.07, 6.45) is 1.55. The maximum Gasteiger partial charge on any atom is 0.213 e. The number of nitrogens with zero attached hydrogens (tertiary/aromatic N) is 1. The number of ketones is 1. The summed E-state index contributed by atoms with van der Waals surface area (Å²) >= 11 is 4.76. The molecule has 6 heteroatoms. The first kappa shape index (κ1) is 17.3. The van der Waals surface area contributed by atoms with E-state index in [0.717, 1.165) is 5.56 Å². The molecule has 0 aliphatic carbocycles. The van der Waals surface area contributed by atoms with Crippen molar-refractivity contribution in [3.8, 4) is 17.6 Å². The molecule has 0 radical (unpaired) electrons. The fourth-order valence-corrected chi connectivity index (χ4v) is 3.33. The molecular formula is C17H14BrNO3S. The van der Waals surface area contributed by atoms with E-state index >= 15 is 0 Å². The van der Waals surface area contributed by atoms with E-state index in [1.54, 1.807) is 25.3 Å². The van der Waals surface area contributed by atoms with Gasteiger partial charge in [-0.25, -0.2) is 0 Å². The van der Waals surface area contributed by atoms with Crippen molar-refractivity contribution in [3.63, 3.8) is 0 Å². The number of halogens is 1. The fourth-order valence-electron chi connectivity index (χ4n) is 2.01. The van der Waals surface area contributed by atoms with Crippen molar-refractivity contribution in [2.45, 2.75) is 6.92 Å². The number of nitriles is 1. The molecule has 0 aliphatic rings. The van der Waals surface area contributed by atoms with Gasteiger partial charge in [-0.15, -0.1) is 11.3 Å². The zero-order valence-electron chi connectivity index (χ0n) is 12.8. The van der Waals surface area contributed by atoms with Crippen LogP contribution in [-0.4, -0.2) is 20.0 Å². The third-order valence-corrected chi connectivity index (χ3v) is 4.94. The largest absolute Gasteiger partial charge is 0.493 e. The predicted octanol–water partition coefficient (Wildman–Crippen LogP) is 4.63. The lowest BCUT2D eigenvalue weighted by Gasteiger charge is -2.10. The average molecular weight is 392 g/mol. The lowest BCUT2D eigenvalue weighted by atomic mass is 10.0. The highest BCUT2D eigenvalue weighted by Gasteiger charge is 2.17. The number of ether oxygens (including phenoxy) is 2.